The summed E-state index contributed by atoms with van der Waals surface area (Å²) < 4.78 is 13.9. The van der Waals surface area contributed by atoms with Crippen molar-refractivity contribution in [2.75, 3.05) is 18.4 Å². The van der Waals surface area contributed by atoms with Crippen molar-refractivity contribution in [3.63, 3.8) is 0 Å². The second-order valence-corrected chi connectivity index (χ2v) is 5.80. The molecule has 21 heavy (non-hydrogen) atoms. The van der Waals surface area contributed by atoms with E-state index in [1.807, 2.05) is 6.92 Å². The van der Waals surface area contributed by atoms with Gasteiger partial charge in [-0.25, -0.2) is 4.39 Å². The standard InChI is InChI=1S/C17H25FN2O/c1-2-11-19-16-14(9-6-10-15(16)18)17(21)20-12-13-7-4-3-5-8-13/h6,9-10,13,19H,2-5,7-8,11-12H2,1H3,(H,20,21). The van der Waals surface area contributed by atoms with Gasteiger partial charge >= 0.3 is 0 Å². The molecule has 0 radical (unpaired) electrons. The monoisotopic (exact) mass is 292 g/mol. The smallest absolute Gasteiger partial charge is 0.253 e. The number of carbonyl (C=O) groups excluding carboxylic acids is 1. The van der Waals surface area contributed by atoms with Crippen LogP contribution in [0.15, 0.2) is 18.2 Å². The van der Waals surface area contributed by atoms with Gasteiger partial charge in [0.25, 0.3) is 5.91 Å². The van der Waals surface area contributed by atoms with E-state index < -0.39 is 0 Å². The Morgan fingerprint density at radius 1 is 1.29 bits per heavy atom. The third kappa shape index (κ3) is 4.45. The molecule has 1 saturated carbocycles. The first-order valence-electron chi connectivity index (χ1n) is 8.03. The molecule has 1 amide bonds. The topological polar surface area (TPSA) is 41.1 Å². The lowest BCUT2D eigenvalue weighted by Gasteiger charge is -2.22. The van der Waals surface area contributed by atoms with Gasteiger partial charge in [0.1, 0.15) is 5.82 Å². The number of hydrogen-bond donors (Lipinski definition) is 2. The van der Waals surface area contributed by atoms with E-state index in [-0.39, 0.29) is 11.7 Å². The summed E-state index contributed by atoms with van der Waals surface area (Å²) in [5.74, 6) is 0.0238. The molecule has 0 heterocycles. The van der Waals surface area contributed by atoms with Crippen LogP contribution in [0.25, 0.3) is 0 Å². The minimum atomic E-state index is -0.367. The summed E-state index contributed by atoms with van der Waals surface area (Å²) in [6.45, 7) is 3.36. The van der Waals surface area contributed by atoms with E-state index in [0.29, 0.717) is 30.3 Å². The molecular formula is C17H25FN2O. The van der Waals surface area contributed by atoms with Gasteiger partial charge in [0, 0.05) is 13.1 Å². The largest absolute Gasteiger partial charge is 0.382 e. The van der Waals surface area contributed by atoms with Crippen LogP contribution in [0.4, 0.5) is 10.1 Å². The van der Waals surface area contributed by atoms with E-state index in [4.69, 9.17) is 0 Å². The van der Waals surface area contributed by atoms with Crippen molar-refractivity contribution in [2.45, 2.75) is 45.4 Å². The van der Waals surface area contributed by atoms with Gasteiger partial charge in [0.05, 0.1) is 11.3 Å². The molecular weight excluding hydrogens is 267 g/mol. The van der Waals surface area contributed by atoms with Crippen molar-refractivity contribution < 1.29 is 9.18 Å². The van der Waals surface area contributed by atoms with Crippen molar-refractivity contribution in [3.8, 4) is 0 Å². The van der Waals surface area contributed by atoms with E-state index in [1.54, 1.807) is 12.1 Å². The Hall–Kier alpha value is -1.58. The van der Waals surface area contributed by atoms with Crippen LogP contribution in [-0.4, -0.2) is 19.0 Å². The number of nitrogens with one attached hydrogen (secondary N) is 2. The number of para-hydroxylation sites is 1. The first-order chi connectivity index (χ1) is 10.2. The molecule has 0 spiro atoms. The van der Waals surface area contributed by atoms with Gasteiger partial charge in [-0.1, -0.05) is 32.3 Å². The highest BCUT2D eigenvalue weighted by molar-refractivity contribution is 5.99. The maximum atomic E-state index is 13.9. The Kier molecular flexibility index (Phi) is 6.03. The lowest BCUT2D eigenvalue weighted by molar-refractivity contribution is 0.0944. The van der Waals surface area contributed by atoms with Gasteiger partial charge < -0.3 is 10.6 Å². The zero-order valence-corrected chi connectivity index (χ0v) is 12.8. The maximum absolute atomic E-state index is 13.9. The number of hydrogen-bond acceptors (Lipinski definition) is 2. The van der Waals surface area contributed by atoms with Crippen LogP contribution < -0.4 is 10.6 Å². The molecule has 0 saturated heterocycles. The number of carbonyl (C=O) groups is 1. The predicted molar refractivity (Wildman–Crippen MR) is 84.1 cm³/mol. The minimum Gasteiger partial charge on any atom is -0.382 e. The summed E-state index contributed by atoms with van der Waals surface area (Å²) in [4.78, 5) is 12.3. The molecule has 0 atom stereocenters. The normalized spacial score (nSPS) is 15.7. The Bertz CT molecular complexity index is 470. The van der Waals surface area contributed by atoms with Crippen molar-refractivity contribution >= 4 is 11.6 Å². The maximum Gasteiger partial charge on any atom is 0.253 e. The van der Waals surface area contributed by atoms with Crippen LogP contribution in [0, 0.1) is 11.7 Å². The highest BCUT2D eigenvalue weighted by Gasteiger charge is 2.17. The molecule has 0 unspecified atom stereocenters. The first-order valence-corrected chi connectivity index (χ1v) is 8.03. The summed E-state index contributed by atoms with van der Waals surface area (Å²) in [6.07, 6.45) is 7.07. The molecule has 2 rings (SSSR count). The van der Waals surface area contributed by atoms with Crippen LogP contribution in [0.5, 0.6) is 0 Å². The van der Waals surface area contributed by atoms with Gasteiger partial charge in [-0.3, -0.25) is 4.79 Å². The zero-order valence-electron chi connectivity index (χ0n) is 12.8. The third-order valence-electron chi connectivity index (χ3n) is 4.09. The number of halogens is 1. The summed E-state index contributed by atoms with van der Waals surface area (Å²) in [5, 5.41) is 5.98. The van der Waals surface area contributed by atoms with Crippen LogP contribution in [-0.2, 0) is 0 Å². The summed E-state index contributed by atoms with van der Waals surface area (Å²) in [6, 6.07) is 4.65. The Labute approximate surface area is 126 Å². The quantitative estimate of drug-likeness (QED) is 0.833. The van der Waals surface area contributed by atoms with Gasteiger partial charge in [0.15, 0.2) is 0 Å². The number of benzene rings is 1. The van der Waals surface area contributed by atoms with E-state index in [1.165, 1.54) is 38.2 Å². The van der Waals surface area contributed by atoms with Gasteiger partial charge in [0.2, 0.25) is 0 Å². The molecule has 116 valence electrons. The van der Waals surface area contributed by atoms with Crippen molar-refractivity contribution in [3.05, 3.63) is 29.6 Å². The molecule has 0 bridgehead atoms. The highest BCUT2D eigenvalue weighted by atomic mass is 19.1. The number of anilines is 1. The Morgan fingerprint density at radius 2 is 2.05 bits per heavy atom. The van der Waals surface area contributed by atoms with E-state index in [9.17, 15) is 9.18 Å². The number of amides is 1. The molecule has 1 aliphatic rings. The summed E-state index contributed by atoms with van der Waals surface area (Å²) in [5.41, 5.74) is 0.722. The predicted octanol–water partition coefficient (Wildman–Crippen LogP) is 3.96. The highest BCUT2D eigenvalue weighted by Crippen LogP contribution is 2.23. The summed E-state index contributed by atoms with van der Waals surface area (Å²) >= 11 is 0. The molecule has 1 aromatic rings. The molecule has 0 aromatic heterocycles. The Balaban J connectivity index is 1.98. The summed E-state index contributed by atoms with van der Waals surface area (Å²) in [7, 11) is 0. The van der Waals surface area contributed by atoms with Crippen molar-refractivity contribution in [1.29, 1.82) is 0 Å². The Morgan fingerprint density at radius 3 is 2.76 bits per heavy atom. The van der Waals surface area contributed by atoms with Crippen LogP contribution in [0.3, 0.4) is 0 Å². The zero-order chi connectivity index (χ0) is 15.1. The van der Waals surface area contributed by atoms with Gasteiger partial charge in [-0.05, 0) is 37.3 Å². The SMILES string of the molecule is CCCNc1c(F)cccc1C(=O)NCC1CCCCC1. The van der Waals surface area contributed by atoms with E-state index in [2.05, 4.69) is 10.6 Å². The molecule has 1 fully saturated rings. The van der Waals surface area contributed by atoms with Crippen LogP contribution in [0.2, 0.25) is 0 Å². The number of rotatable bonds is 6. The second-order valence-electron chi connectivity index (χ2n) is 5.80. The van der Waals surface area contributed by atoms with Crippen LogP contribution >= 0.6 is 0 Å². The molecule has 3 nitrogen and oxygen atoms in total. The molecule has 0 aliphatic heterocycles. The fraction of sp³-hybridized carbons (Fsp3) is 0.588. The fourth-order valence-corrected chi connectivity index (χ4v) is 2.87. The second kappa shape index (κ2) is 8.01. The molecule has 2 N–H and O–H groups in total. The molecule has 1 aromatic carbocycles. The van der Waals surface area contributed by atoms with Gasteiger partial charge in [-0.15, -0.1) is 0 Å². The van der Waals surface area contributed by atoms with Crippen molar-refractivity contribution in [2.24, 2.45) is 5.92 Å². The van der Waals surface area contributed by atoms with E-state index in [0.717, 1.165) is 6.42 Å². The average molecular weight is 292 g/mol. The third-order valence-corrected chi connectivity index (χ3v) is 4.09. The lowest BCUT2D eigenvalue weighted by Crippen LogP contribution is -2.31. The lowest BCUT2D eigenvalue weighted by atomic mass is 9.89. The first kappa shape index (κ1) is 15.8. The minimum absolute atomic E-state index is 0.182. The average Bonchev–Trinajstić information content (AvgIpc) is 2.52. The van der Waals surface area contributed by atoms with E-state index >= 15 is 0 Å². The van der Waals surface area contributed by atoms with Crippen molar-refractivity contribution in [1.82, 2.24) is 5.32 Å². The fourth-order valence-electron chi connectivity index (χ4n) is 2.87. The van der Waals surface area contributed by atoms with Crippen LogP contribution in [0.1, 0.15) is 55.8 Å². The molecule has 4 heteroatoms. The molecule has 1 aliphatic carbocycles. The van der Waals surface area contributed by atoms with Gasteiger partial charge in [-0.2, -0.15) is 0 Å².